The molecule has 0 spiro atoms. The molecule has 2 aromatic rings. The van der Waals surface area contributed by atoms with Gasteiger partial charge in [0.2, 0.25) is 11.8 Å². The number of hydrogen-bond acceptors (Lipinski definition) is 5. The first-order valence-electron chi connectivity index (χ1n) is 8.35. The maximum atomic E-state index is 12.6. The van der Waals surface area contributed by atoms with Crippen LogP contribution in [0.1, 0.15) is 6.42 Å². The molecule has 0 unspecified atom stereocenters. The van der Waals surface area contributed by atoms with Crippen LogP contribution >= 0.6 is 0 Å². The molecular formula is C18H17N3O3. The minimum absolute atomic E-state index is 0.0128. The van der Waals surface area contributed by atoms with Crippen molar-refractivity contribution in [2.45, 2.75) is 6.42 Å². The SMILES string of the molecule is O=C1[C@H]2[C@H](C(=O)N1CCNc1nc3ccccc3o1)[C@H]1C=C[C@H]2C1. The third kappa shape index (κ3) is 1.85. The van der Waals surface area contributed by atoms with Gasteiger partial charge in [-0.2, -0.15) is 4.98 Å². The van der Waals surface area contributed by atoms with Gasteiger partial charge in [-0.15, -0.1) is 0 Å². The van der Waals surface area contributed by atoms with E-state index < -0.39 is 0 Å². The van der Waals surface area contributed by atoms with Gasteiger partial charge in [0.25, 0.3) is 6.01 Å². The maximum Gasteiger partial charge on any atom is 0.295 e. The van der Waals surface area contributed by atoms with Crippen molar-refractivity contribution in [3.63, 3.8) is 0 Å². The number of oxazole rings is 1. The van der Waals surface area contributed by atoms with E-state index in [9.17, 15) is 9.59 Å². The van der Waals surface area contributed by atoms with E-state index in [1.165, 1.54) is 4.90 Å². The summed E-state index contributed by atoms with van der Waals surface area (Å²) < 4.78 is 5.58. The number of hydrogen-bond donors (Lipinski definition) is 1. The van der Waals surface area contributed by atoms with Crippen LogP contribution in [0.25, 0.3) is 11.1 Å². The number of allylic oxidation sites excluding steroid dienone is 2. The highest BCUT2D eigenvalue weighted by Gasteiger charge is 2.58. The van der Waals surface area contributed by atoms with E-state index in [0.29, 0.717) is 24.7 Å². The van der Waals surface area contributed by atoms with Gasteiger partial charge in [0, 0.05) is 13.1 Å². The molecule has 2 heterocycles. The highest BCUT2D eigenvalue weighted by Crippen LogP contribution is 2.52. The van der Waals surface area contributed by atoms with Crippen molar-refractivity contribution in [2.24, 2.45) is 23.7 Å². The number of likely N-dealkylation sites (tertiary alicyclic amines) is 1. The number of benzene rings is 1. The Bertz CT molecular complexity index is 808. The van der Waals surface area contributed by atoms with Crippen LogP contribution in [0.5, 0.6) is 0 Å². The Morgan fingerprint density at radius 1 is 1.12 bits per heavy atom. The quantitative estimate of drug-likeness (QED) is 0.688. The van der Waals surface area contributed by atoms with Gasteiger partial charge in [0.1, 0.15) is 5.52 Å². The third-order valence-corrected chi connectivity index (χ3v) is 5.47. The minimum Gasteiger partial charge on any atom is -0.424 e. The number of para-hydroxylation sites is 2. The Balaban J connectivity index is 1.26. The Kier molecular flexibility index (Phi) is 2.83. The average molecular weight is 323 g/mol. The molecular weight excluding hydrogens is 306 g/mol. The lowest BCUT2D eigenvalue weighted by Gasteiger charge is -2.16. The topological polar surface area (TPSA) is 75.4 Å². The van der Waals surface area contributed by atoms with Gasteiger partial charge < -0.3 is 9.73 Å². The summed E-state index contributed by atoms with van der Waals surface area (Å²) in [5.74, 6) is 0.231. The second-order valence-electron chi connectivity index (χ2n) is 6.74. The normalized spacial score (nSPS) is 30.6. The molecule has 2 bridgehead atoms. The molecule has 1 saturated heterocycles. The van der Waals surface area contributed by atoms with E-state index in [1.807, 2.05) is 24.3 Å². The van der Waals surface area contributed by atoms with Gasteiger partial charge in [-0.3, -0.25) is 14.5 Å². The lowest BCUT2D eigenvalue weighted by Crippen LogP contribution is -2.36. The smallest absolute Gasteiger partial charge is 0.295 e. The number of rotatable bonds is 4. The first-order valence-corrected chi connectivity index (χ1v) is 8.35. The van der Waals surface area contributed by atoms with Gasteiger partial charge in [0.15, 0.2) is 5.58 Å². The van der Waals surface area contributed by atoms with Crippen LogP contribution in [-0.4, -0.2) is 34.8 Å². The highest BCUT2D eigenvalue weighted by atomic mass is 16.4. The molecule has 2 amide bonds. The van der Waals surface area contributed by atoms with Crippen LogP contribution < -0.4 is 5.32 Å². The number of fused-ring (bicyclic) bond motifs is 6. The molecule has 4 atom stereocenters. The van der Waals surface area contributed by atoms with E-state index >= 15 is 0 Å². The summed E-state index contributed by atoms with van der Waals surface area (Å²) in [6.45, 7) is 0.787. The monoisotopic (exact) mass is 323 g/mol. The molecule has 0 radical (unpaired) electrons. The predicted octanol–water partition coefficient (Wildman–Crippen LogP) is 2.05. The van der Waals surface area contributed by atoms with E-state index in [0.717, 1.165) is 11.9 Å². The largest absolute Gasteiger partial charge is 0.424 e. The second-order valence-corrected chi connectivity index (χ2v) is 6.74. The fraction of sp³-hybridized carbons (Fsp3) is 0.389. The van der Waals surface area contributed by atoms with Crippen molar-refractivity contribution in [1.82, 2.24) is 9.88 Å². The van der Waals surface area contributed by atoms with E-state index in [2.05, 4.69) is 22.5 Å². The fourth-order valence-electron chi connectivity index (χ4n) is 4.41. The number of anilines is 1. The van der Waals surface area contributed by atoms with E-state index in [1.54, 1.807) is 0 Å². The highest BCUT2D eigenvalue weighted by molar-refractivity contribution is 6.06. The first kappa shape index (κ1) is 13.8. The van der Waals surface area contributed by atoms with Crippen LogP contribution in [0.4, 0.5) is 6.01 Å². The summed E-state index contributed by atoms with van der Waals surface area (Å²) in [5.41, 5.74) is 1.50. The summed E-state index contributed by atoms with van der Waals surface area (Å²) >= 11 is 0. The van der Waals surface area contributed by atoms with Gasteiger partial charge in [-0.1, -0.05) is 24.3 Å². The first-order chi connectivity index (χ1) is 11.7. The zero-order valence-corrected chi connectivity index (χ0v) is 13.0. The van der Waals surface area contributed by atoms with E-state index in [4.69, 9.17) is 4.42 Å². The van der Waals surface area contributed by atoms with Crippen LogP contribution in [0, 0.1) is 23.7 Å². The number of carbonyl (C=O) groups excluding carboxylic acids is 2. The second kappa shape index (κ2) is 4.93. The summed E-state index contributed by atoms with van der Waals surface area (Å²) in [5, 5.41) is 3.07. The van der Waals surface area contributed by atoms with Gasteiger partial charge in [-0.05, 0) is 30.4 Å². The molecule has 2 fully saturated rings. The van der Waals surface area contributed by atoms with Crippen molar-refractivity contribution >= 4 is 28.9 Å². The van der Waals surface area contributed by atoms with Crippen molar-refractivity contribution in [1.29, 1.82) is 0 Å². The summed E-state index contributed by atoms with van der Waals surface area (Å²) in [4.78, 5) is 30.9. The minimum atomic E-state index is -0.128. The Hall–Kier alpha value is -2.63. The summed E-state index contributed by atoms with van der Waals surface area (Å²) in [7, 11) is 0. The van der Waals surface area contributed by atoms with Crippen molar-refractivity contribution in [3.8, 4) is 0 Å². The molecule has 1 saturated carbocycles. The predicted molar refractivity (Wildman–Crippen MR) is 86.9 cm³/mol. The molecule has 5 rings (SSSR count). The number of nitrogens with zero attached hydrogens (tertiary/aromatic N) is 2. The number of amides is 2. The van der Waals surface area contributed by atoms with Crippen LogP contribution in [-0.2, 0) is 9.59 Å². The van der Waals surface area contributed by atoms with Gasteiger partial charge in [-0.25, -0.2) is 0 Å². The van der Waals surface area contributed by atoms with Gasteiger partial charge in [0.05, 0.1) is 11.8 Å². The average Bonchev–Trinajstić information content (AvgIpc) is 3.33. The summed E-state index contributed by atoms with van der Waals surface area (Å²) in [6, 6.07) is 7.93. The zero-order chi connectivity index (χ0) is 16.3. The molecule has 2 aliphatic carbocycles. The van der Waals surface area contributed by atoms with Crippen LogP contribution in [0.15, 0.2) is 40.8 Å². The fourth-order valence-corrected chi connectivity index (χ4v) is 4.41. The van der Waals surface area contributed by atoms with Gasteiger partial charge >= 0.3 is 0 Å². The lowest BCUT2D eigenvalue weighted by molar-refractivity contribution is -0.140. The molecule has 6 nitrogen and oxygen atoms in total. The molecule has 1 N–H and O–H groups in total. The lowest BCUT2D eigenvalue weighted by atomic mass is 9.85. The summed E-state index contributed by atoms with van der Waals surface area (Å²) in [6.07, 6.45) is 5.18. The zero-order valence-electron chi connectivity index (χ0n) is 13.0. The third-order valence-electron chi connectivity index (χ3n) is 5.47. The molecule has 24 heavy (non-hydrogen) atoms. The molecule has 3 aliphatic rings. The maximum absolute atomic E-state index is 12.6. The molecule has 1 aliphatic heterocycles. The number of imide groups is 1. The molecule has 1 aromatic heterocycles. The number of aromatic nitrogens is 1. The molecule has 6 heteroatoms. The Labute approximate surface area is 138 Å². The molecule has 122 valence electrons. The van der Waals surface area contributed by atoms with E-state index in [-0.39, 0.29) is 35.5 Å². The van der Waals surface area contributed by atoms with Crippen molar-refractivity contribution < 1.29 is 14.0 Å². The Morgan fingerprint density at radius 2 is 1.83 bits per heavy atom. The van der Waals surface area contributed by atoms with Crippen LogP contribution in [0.2, 0.25) is 0 Å². The standard InChI is InChI=1S/C18H17N3O3/c22-16-14-10-5-6-11(9-10)15(14)17(23)21(16)8-7-19-18-20-12-3-1-2-4-13(12)24-18/h1-6,10-11,14-15H,7-9H2,(H,19,20)/t10-,11-,14+,15+/m0/s1. The number of nitrogens with one attached hydrogen (secondary N) is 1. The van der Waals surface area contributed by atoms with Crippen molar-refractivity contribution in [3.05, 3.63) is 36.4 Å². The molecule has 1 aromatic carbocycles. The Morgan fingerprint density at radius 3 is 2.54 bits per heavy atom. The van der Waals surface area contributed by atoms with Crippen LogP contribution in [0.3, 0.4) is 0 Å². The van der Waals surface area contributed by atoms with Crippen molar-refractivity contribution in [2.75, 3.05) is 18.4 Å². The number of carbonyl (C=O) groups is 2.